The van der Waals surface area contributed by atoms with E-state index in [0.717, 1.165) is 22.1 Å². The molecule has 2 amide bonds. The van der Waals surface area contributed by atoms with E-state index >= 15 is 0 Å². The fraction of sp³-hybridized carbons (Fsp3) is 0.0526. The molecular weight excluding hydrogens is 316 g/mol. The highest BCUT2D eigenvalue weighted by atomic mass is 16.1. The van der Waals surface area contributed by atoms with Gasteiger partial charge in [0.1, 0.15) is 0 Å². The average molecular weight is 334 g/mol. The lowest BCUT2D eigenvalue weighted by Gasteiger charge is -2.12. The number of fused-ring (bicyclic) bond motifs is 1. The Bertz CT molecular complexity index is 988. The first-order valence-corrected chi connectivity index (χ1v) is 7.72. The van der Waals surface area contributed by atoms with E-state index in [1.54, 1.807) is 12.3 Å². The zero-order chi connectivity index (χ0) is 18.0. The number of amides is 2. The van der Waals surface area contributed by atoms with E-state index in [4.69, 9.17) is 11.5 Å². The first kappa shape index (κ1) is 16.5. The summed E-state index contributed by atoms with van der Waals surface area (Å²) in [4.78, 5) is 26.3. The number of hydrogen-bond acceptors (Lipinski definition) is 3. The topological polar surface area (TPSA) is 114 Å². The van der Waals surface area contributed by atoms with Crippen LogP contribution in [0.25, 0.3) is 22.0 Å². The second-order valence-electron chi connectivity index (χ2n) is 5.56. The molecule has 0 spiro atoms. The summed E-state index contributed by atoms with van der Waals surface area (Å²) in [5.41, 5.74) is 15.5. The molecule has 1 heterocycles. The Hall–Kier alpha value is -3.38. The van der Waals surface area contributed by atoms with Gasteiger partial charge in [0, 0.05) is 23.8 Å². The van der Waals surface area contributed by atoms with Crippen molar-refractivity contribution in [2.45, 2.75) is 6.54 Å². The minimum Gasteiger partial charge on any atom is -0.366 e. The van der Waals surface area contributed by atoms with E-state index < -0.39 is 5.91 Å². The maximum atomic E-state index is 11.7. The van der Waals surface area contributed by atoms with Gasteiger partial charge >= 0.3 is 0 Å². The van der Waals surface area contributed by atoms with Crippen LogP contribution in [-0.4, -0.2) is 16.8 Å². The molecule has 0 radical (unpaired) electrons. The third-order valence-corrected chi connectivity index (χ3v) is 4.07. The van der Waals surface area contributed by atoms with Crippen molar-refractivity contribution in [3.05, 3.63) is 66.4 Å². The number of rotatable bonds is 5. The Kier molecular flexibility index (Phi) is 4.36. The lowest BCUT2D eigenvalue weighted by atomic mass is 9.97. The molecule has 0 fully saturated rings. The van der Waals surface area contributed by atoms with Crippen molar-refractivity contribution in [1.82, 2.24) is 4.98 Å². The van der Waals surface area contributed by atoms with Crippen molar-refractivity contribution in [2.24, 2.45) is 11.5 Å². The monoisotopic (exact) mass is 334 g/mol. The quantitative estimate of drug-likeness (QED) is 0.537. The Morgan fingerprint density at radius 1 is 1.20 bits per heavy atom. The lowest BCUT2D eigenvalue weighted by molar-refractivity contribution is -0.111. The Morgan fingerprint density at radius 2 is 2.00 bits per heavy atom. The average Bonchev–Trinajstić information content (AvgIpc) is 3.10. The molecule has 2 aromatic carbocycles. The summed E-state index contributed by atoms with van der Waals surface area (Å²) in [5.74, 6) is -0.792. The minimum atomic E-state index is -0.489. The summed E-state index contributed by atoms with van der Waals surface area (Å²) in [6.07, 6.45) is 2.97. The van der Waals surface area contributed by atoms with Gasteiger partial charge < -0.3 is 21.8 Å². The maximum Gasteiger partial charge on any atom is 0.250 e. The van der Waals surface area contributed by atoms with E-state index in [9.17, 15) is 9.59 Å². The molecule has 0 bridgehead atoms. The van der Waals surface area contributed by atoms with Gasteiger partial charge in [0.05, 0.1) is 11.1 Å². The van der Waals surface area contributed by atoms with Crippen molar-refractivity contribution in [1.29, 1.82) is 0 Å². The molecule has 6 nitrogen and oxygen atoms in total. The van der Waals surface area contributed by atoms with Crippen molar-refractivity contribution in [3.63, 3.8) is 0 Å². The number of aromatic nitrogens is 1. The standard InChI is InChI=1S/C19H18N4O2/c1-2-17(24)23-16-9-11(3-4-12(16)10-20)13-5-6-15(19(21)25)18-14(13)7-8-22-18/h2-9,22H,1,10,20H2,(H2,21,25)(H,23,24). The Morgan fingerprint density at radius 3 is 2.68 bits per heavy atom. The third-order valence-electron chi connectivity index (χ3n) is 4.07. The van der Waals surface area contributed by atoms with Crippen LogP contribution in [0.4, 0.5) is 5.69 Å². The first-order chi connectivity index (χ1) is 12.0. The molecule has 126 valence electrons. The van der Waals surface area contributed by atoms with Crippen LogP contribution < -0.4 is 16.8 Å². The molecule has 3 aromatic rings. The number of nitrogens with two attached hydrogens (primary N) is 2. The number of H-pyrrole nitrogens is 1. The number of carbonyl (C=O) groups excluding carboxylic acids is 2. The van der Waals surface area contributed by atoms with Crippen LogP contribution in [-0.2, 0) is 11.3 Å². The predicted molar refractivity (Wildman–Crippen MR) is 99.0 cm³/mol. The molecule has 0 aliphatic heterocycles. The van der Waals surface area contributed by atoms with Crippen LogP contribution in [0.1, 0.15) is 15.9 Å². The van der Waals surface area contributed by atoms with Crippen LogP contribution in [0.5, 0.6) is 0 Å². The smallest absolute Gasteiger partial charge is 0.250 e. The van der Waals surface area contributed by atoms with Crippen molar-refractivity contribution < 1.29 is 9.59 Å². The van der Waals surface area contributed by atoms with Gasteiger partial charge in [-0.25, -0.2) is 0 Å². The van der Waals surface area contributed by atoms with E-state index in [2.05, 4.69) is 16.9 Å². The second kappa shape index (κ2) is 6.62. The number of carbonyl (C=O) groups is 2. The summed E-state index contributed by atoms with van der Waals surface area (Å²) in [6.45, 7) is 3.76. The molecule has 0 unspecified atom stereocenters. The summed E-state index contributed by atoms with van der Waals surface area (Å²) in [7, 11) is 0. The molecule has 25 heavy (non-hydrogen) atoms. The van der Waals surface area contributed by atoms with Crippen LogP contribution >= 0.6 is 0 Å². The minimum absolute atomic E-state index is 0.299. The largest absolute Gasteiger partial charge is 0.366 e. The molecular formula is C19H18N4O2. The lowest BCUT2D eigenvalue weighted by Crippen LogP contribution is -2.12. The summed E-state index contributed by atoms with van der Waals surface area (Å²) in [5, 5.41) is 3.65. The van der Waals surface area contributed by atoms with E-state index in [-0.39, 0.29) is 5.91 Å². The summed E-state index contributed by atoms with van der Waals surface area (Å²) >= 11 is 0. The number of primary amides is 1. The molecule has 1 aromatic heterocycles. The van der Waals surface area contributed by atoms with Gasteiger partial charge in [-0.15, -0.1) is 0 Å². The number of benzene rings is 2. The Labute approximate surface area is 144 Å². The van der Waals surface area contributed by atoms with Crippen LogP contribution in [0.3, 0.4) is 0 Å². The predicted octanol–water partition coefficient (Wildman–Crippen LogP) is 2.52. The van der Waals surface area contributed by atoms with Gasteiger partial charge in [-0.3, -0.25) is 9.59 Å². The maximum absolute atomic E-state index is 11.7. The highest BCUT2D eigenvalue weighted by molar-refractivity contribution is 6.09. The number of anilines is 1. The highest BCUT2D eigenvalue weighted by Gasteiger charge is 2.13. The van der Waals surface area contributed by atoms with Crippen LogP contribution in [0.2, 0.25) is 0 Å². The van der Waals surface area contributed by atoms with Crippen molar-refractivity contribution in [3.8, 4) is 11.1 Å². The zero-order valence-electron chi connectivity index (χ0n) is 13.5. The fourth-order valence-corrected chi connectivity index (χ4v) is 2.84. The molecule has 6 N–H and O–H groups in total. The fourth-order valence-electron chi connectivity index (χ4n) is 2.84. The molecule has 3 rings (SSSR count). The molecule has 0 aliphatic carbocycles. The van der Waals surface area contributed by atoms with Gasteiger partial charge in [-0.1, -0.05) is 24.8 Å². The molecule has 0 atom stereocenters. The van der Waals surface area contributed by atoms with E-state index in [0.29, 0.717) is 23.3 Å². The van der Waals surface area contributed by atoms with Crippen molar-refractivity contribution in [2.75, 3.05) is 5.32 Å². The van der Waals surface area contributed by atoms with Gasteiger partial charge in [0.15, 0.2) is 0 Å². The summed E-state index contributed by atoms with van der Waals surface area (Å²) in [6, 6.07) is 11.1. The highest BCUT2D eigenvalue weighted by Crippen LogP contribution is 2.32. The molecule has 6 heteroatoms. The third kappa shape index (κ3) is 3.02. The second-order valence-corrected chi connectivity index (χ2v) is 5.56. The van der Waals surface area contributed by atoms with E-state index in [1.165, 1.54) is 6.08 Å². The molecule has 0 saturated carbocycles. The number of aromatic amines is 1. The zero-order valence-corrected chi connectivity index (χ0v) is 13.5. The summed E-state index contributed by atoms with van der Waals surface area (Å²) < 4.78 is 0. The van der Waals surface area contributed by atoms with Gasteiger partial charge in [-0.2, -0.15) is 0 Å². The van der Waals surface area contributed by atoms with Crippen molar-refractivity contribution >= 4 is 28.4 Å². The first-order valence-electron chi connectivity index (χ1n) is 7.72. The Balaban J connectivity index is 2.15. The normalized spacial score (nSPS) is 10.6. The van der Waals surface area contributed by atoms with Crippen LogP contribution in [0.15, 0.2) is 55.3 Å². The van der Waals surface area contributed by atoms with Gasteiger partial charge in [0.2, 0.25) is 5.91 Å². The number of nitrogens with one attached hydrogen (secondary N) is 2. The van der Waals surface area contributed by atoms with Crippen LogP contribution in [0, 0.1) is 0 Å². The van der Waals surface area contributed by atoms with Gasteiger partial charge in [-0.05, 0) is 41.0 Å². The van der Waals surface area contributed by atoms with Gasteiger partial charge in [0.25, 0.3) is 5.91 Å². The molecule has 0 saturated heterocycles. The van der Waals surface area contributed by atoms with E-state index in [1.807, 2.05) is 30.3 Å². The number of hydrogen-bond donors (Lipinski definition) is 4. The molecule has 0 aliphatic rings. The SMILES string of the molecule is C=CC(=O)Nc1cc(-c2ccc(C(N)=O)c3[nH]ccc23)ccc1CN.